The third-order valence-electron chi connectivity index (χ3n) is 3.70. The summed E-state index contributed by atoms with van der Waals surface area (Å²) in [7, 11) is 4.73. The molecule has 0 aliphatic heterocycles. The molecule has 2 aromatic carbocycles. The highest BCUT2D eigenvalue weighted by Gasteiger charge is 2.12. The zero-order chi connectivity index (χ0) is 17.8. The maximum absolute atomic E-state index is 5.36. The third kappa shape index (κ3) is 3.33. The van der Waals surface area contributed by atoms with Gasteiger partial charge >= 0.3 is 0 Å². The van der Waals surface area contributed by atoms with Crippen molar-refractivity contribution in [3.05, 3.63) is 53.5 Å². The van der Waals surface area contributed by atoms with E-state index in [1.807, 2.05) is 43.3 Å². The summed E-state index contributed by atoms with van der Waals surface area (Å²) >= 11 is 0. The highest BCUT2D eigenvalue weighted by atomic mass is 16.5. The molecule has 0 amide bonds. The summed E-state index contributed by atoms with van der Waals surface area (Å²) in [5.74, 6) is 8.61. The monoisotopic (exact) mass is 334 g/mol. The molecule has 25 heavy (non-hydrogen) atoms. The van der Waals surface area contributed by atoms with E-state index in [1.165, 1.54) is 0 Å². The maximum Gasteiger partial charge on any atom is 0.203 e. The van der Waals surface area contributed by atoms with Crippen molar-refractivity contribution in [3.8, 4) is 29.1 Å². The highest BCUT2D eigenvalue weighted by Crippen LogP contribution is 2.37. The van der Waals surface area contributed by atoms with Crippen molar-refractivity contribution in [1.82, 2.24) is 9.97 Å². The zero-order valence-electron chi connectivity index (χ0n) is 14.6. The Labute approximate surface area is 146 Å². The molecule has 0 N–H and O–H groups in total. The Morgan fingerprint density at radius 2 is 1.52 bits per heavy atom. The molecule has 5 heteroatoms. The Morgan fingerprint density at radius 1 is 0.840 bits per heavy atom. The molecule has 0 unspecified atom stereocenters. The molecule has 0 bridgehead atoms. The van der Waals surface area contributed by atoms with Crippen LogP contribution in [-0.2, 0) is 0 Å². The van der Waals surface area contributed by atoms with Gasteiger partial charge in [-0.3, -0.25) is 0 Å². The van der Waals surface area contributed by atoms with Gasteiger partial charge < -0.3 is 14.2 Å². The van der Waals surface area contributed by atoms with E-state index < -0.39 is 0 Å². The van der Waals surface area contributed by atoms with E-state index in [2.05, 4.69) is 21.8 Å². The predicted molar refractivity (Wildman–Crippen MR) is 96.4 cm³/mol. The molecule has 5 nitrogen and oxygen atoms in total. The van der Waals surface area contributed by atoms with E-state index in [1.54, 1.807) is 21.3 Å². The van der Waals surface area contributed by atoms with Gasteiger partial charge in [0.25, 0.3) is 0 Å². The van der Waals surface area contributed by atoms with Crippen molar-refractivity contribution in [1.29, 1.82) is 0 Å². The Hall–Kier alpha value is -3.26. The first-order valence-corrected chi connectivity index (χ1v) is 7.71. The average molecular weight is 334 g/mol. The third-order valence-corrected chi connectivity index (χ3v) is 3.70. The second-order valence-corrected chi connectivity index (χ2v) is 5.30. The number of fused-ring (bicyclic) bond motifs is 1. The van der Waals surface area contributed by atoms with Crippen molar-refractivity contribution in [2.75, 3.05) is 21.3 Å². The van der Waals surface area contributed by atoms with Gasteiger partial charge in [0.2, 0.25) is 5.75 Å². The smallest absolute Gasteiger partial charge is 0.203 e. The predicted octanol–water partition coefficient (Wildman–Crippen LogP) is 3.36. The highest BCUT2D eigenvalue weighted by molar-refractivity contribution is 5.83. The van der Waals surface area contributed by atoms with Crippen LogP contribution in [0.5, 0.6) is 17.2 Å². The number of nitrogens with zero attached hydrogens (tertiary/aromatic N) is 2. The van der Waals surface area contributed by atoms with E-state index >= 15 is 0 Å². The fourth-order valence-electron chi connectivity index (χ4n) is 2.57. The van der Waals surface area contributed by atoms with Crippen LogP contribution in [0.4, 0.5) is 0 Å². The number of para-hydroxylation sites is 1. The molecular formula is C20H18N2O3. The molecule has 0 fully saturated rings. The van der Waals surface area contributed by atoms with Crippen molar-refractivity contribution in [2.45, 2.75) is 6.92 Å². The molecule has 3 aromatic rings. The van der Waals surface area contributed by atoms with Gasteiger partial charge in [0.1, 0.15) is 11.5 Å². The van der Waals surface area contributed by atoms with E-state index in [9.17, 15) is 0 Å². The molecule has 126 valence electrons. The summed E-state index contributed by atoms with van der Waals surface area (Å²) in [6.07, 6.45) is 0. The first-order valence-electron chi connectivity index (χ1n) is 7.71. The molecule has 0 atom stereocenters. The van der Waals surface area contributed by atoms with Crippen LogP contribution >= 0.6 is 0 Å². The molecule has 0 saturated heterocycles. The first kappa shape index (κ1) is 16.6. The Morgan fingerprint density at radius 3 is 2.16 bits per heavy atom. The van der Waals surface area contributed by atoms with Crippen LogP contribution in [0, 0.1) is 18.8 Å². The molecule has 3 rings (SSSR count). The van der Waals surface area contributed by atoms with Gasteiger partial charge in [0, 0.05) is 10.9 Å². The van der Waals surface area contributed by atoms with Crippen LogP contribution in [0.15, 0.2) is 36.4 Å². The van der Waals surface area contributed by atoms with E-state index in [-0.39, 0.29) is 0 Å². The number of aromatic nitrogens is 2. The lowest BCUT2D eigenvalue weighted by Crippen LogP contribution is -1.96. The summed E-state index contributed by atoms with van der Waals surface area (Å²) in [6.45, 7) is 1.86. The van der Waals surface area contributed by atoms with Crippen LogP contribution in [0.3, 0.4) is 0 Å². The number of rotatable bonds is 3. The molecule has 0 aliphatic rings. The Balaban J connectivity index is 2.11. The number of hydrogen-bond acceptors (Lipinski definition) is 5. The van der Waals surface area contributed by atoms with Crippen molar-refractivity contribution in [2.24, 2.45) is 0 Å². The lowest BCUT2D eigenvalue weighted by Gasteiger charge is -2.12. The number of aryl methyl sites for hydroxylation is 1. The van der Waals surface area contributed by atoms with Crippen molar-refractivity contribution >= 4 is 10.9 Å². The van der Waals surface area contributed by atoms with E-state index in [0.717, 1.165) is 16.5 Å². The minimum atomic E-state index is 0.541. The number of ether oxygens (including phenoxy) is 3. The molecule has 0 saturated carbocycles. The van der Waals surface area contributed by atoms with Crippen LogP contribution in [0.25, 0.3) is 10.9 Å². The lowest BCUT2D eigenvalue weighted by molar-refractivity contribution is 0.324. The summed E-state index contributed by atoms with van der Waals surface area (Å²) in [5.41, 5.74) is 2.32. The second kappa shape index (κ2) is 7.10. The Kier molecular flexibility index (Phi) is 4.71. The van der Waals surface area contributed by atoms with Gasteiger partial charge in [-0.05, 0) is 37.1 Å². The number of hydrogen-bond donors (Lipinski definition) is 0. The SMILES string of the molecule is COc1cc(C#Cc2nc(C)nc3ccccc23)cc(OC)c1OC. The molecule has 0 radical (unpaired) electrons. The fraction of sp³-hybridized carbons (Fsp3) is 0.200. The number of methoxy groups -OCH3 is 3. The quantitative estimate of drug-likeness (QED) is 0.688. The topological polar surface area (TPSA) is 53.5 Å². The van der Waals surface area contributed by atoms with E-state index in [4.69, 9.17) is 14.2 Å². The van der Waals surface area contributed by atoms with Crippen LogP contribution in [0.1, 0.15) is 17.1 Å². The van der Waals surface area contributed by atoms with Crippen molar-refractivity contribution < 1.29 is 14.2 Å². The van der Waals surface area contributed by atoms with Crippen LogP contribution in [-0.4, -0.2) is 31.3 Å². The normalized spacial score (nSPS) is 10.1. The van der Waals surface area contributed by atoms with E-state index in [0.29, 0.717) is 28.8 Å². The first-order chi connectivity index (χ1) is 12.2. The van der Waals surface area contributed by atoms with Crippen LogP contribution in [0.2, 0.25) is 0 Å². The lowest BCUT2D eigenvalue weighted by atomic mass is 10.1. The van der Waals surface area contributed by atoms with Gasteiger partial charge in [-0.2, -0.15) is 0 Å². The minimum Gasteiger partial charge on any atom is -0.493 e. The summed E-state index contributed by atoms with van der Waals surface area (Å²) in [5, 5.41) is 0.924. The summed E-state index contributed by atoms with van der Waals surface area (Å²) in [4.78, 5) is 8.90. The Bertz CT molecular complexity index is 962. The molecule has 0 aliphatic carbocycles. The molecule has 0 spiro atoms. The van der Waals surface area contributed by atoms with Crippen LogP contribution < -0.4 is 14.2 Å². The van der Waals surface area contributed by atoms with Gasteiger partial charge in [0.05, 0.1) is 26.8 Å². The van der Waals surface area contributed by atoms with Gasteiger partial charge in [-0.1, -0.05) is 18.1 Å². The molecule has 1 heterocycles. The summed E-state index contributed by atoms with van der Waals surface area (Å²) in [6, 6.07) is 11.4. The standard InChI is InChI=1S/C20H18N2O3/c1-13-21-16-8-6-5-7-15(16)17(22-13)10-9-14-11-18(23-2)20(25-4)19(12-14)24-3/h5-8,11-12H,1-4H3. The molecular weight excluding hydrogens is 316 g/mol. The second-order valence-electron chi connectivity index (χ2n) is 5.30. The van der Waals surface area contributed by atoms with Gasteiger partial charge in [0.15, 0.2) is 11.5 Å². The largest absolute Gasteiger partial charge is 0.493 e. The average Bonchev–Trinajstić information content (AvgIpc) is 2.64. The fourth-order valence-corrected chi connectivity index (χ4v) is 2.57. The van der Waals surface area contributed by atoms with Gasteiger partial charge in [-0.15, -0.1) is 0 Å². The summed E-state index contributed by atoms with van der Waals surface area (Å²) < 4.78 is 16.1. The molecule has 1 aromatic heterocycles. The minimum absolute atomic E-state index is 0.541. The number of benzene rings is 2. The maximum atomic E-state index is 5.36. The zero-order valence-corrected chi connectivity index (χ0v) is 14.6. The van der Waals surface area contributed by atoms with Gasteiger partial charge in [-0.25, -0.2) is 9.97 Å². The van der Waals surface area contributed by atoms with Crippen molar-refractivity contribution in [3.63, 3.8) is 0 Å².